The second kappa shape index (κ2) is 9.46. The summed E-state index contributed by atoms with van der Waals surface area (Å²) in [7, 11) is 1.57. The van der Waals surface area contributed by atoms with Crippen molar-refractivity contribution in [3.8, 4) is 28.9 Å². The molecule has 0 fully saturated rings. The lowest BCUT2D eigenvalue weighted by atomic mass is 10.1. The Balaban J connectivity index is 1.27. The molecule has 0 saturated carbocycles. The normalized spacial score (nSPS) is 11.0. The zero-order valence-corrected chi connectivity index (χ0v) is 20.1. The second-order valence-corrected chi connectivity index (χ2v) is 8.27. The van der Waals surface area contributed by atoms with E-state index in [1.165, 1.54) is 0 Å². The average molecular weight is 488 g/mol. The molecule has 180 valence electrons. The summed E-state index contributed by atoms with van der Waals surface area (Å²) in [5.74, 6) is 2.16. The maximum Gasteiger partial charge on any atom is 0.219 e. The highest BCUT2D eigenvalue weighted by Crippen LogP contribution is 2.32. The summed E-state index contributed by atoms with van der Waals surface area (Å²) in [6.07, 6.45) is 5.03. The molecular formula is C28H21N7O2. The fourth-order valence-corrected chi connectivity index (χ4v) is 4.02. The van der Waals surface area contributed by atoms with E-state index < -0.39 is 0 Å². The van der Waals surface area contributed by atoms with Crippen LogP contribution in [-0.2, 0) is 0 Å². The number of benzene rings is 1. The molecule has 0 atom stereocenters. The fourth-order valence-electron chi connectivity index (χ4n) is 4.02. The smallest absolute Gasteiger partial charge is 0.219 e. The summed E-state index contributed by atoms with van der Waals surface area (Å²) in [4.78, 5) is 17.7. The quantitative estimate of drug-likeness (QED) is 0.308. The molecule has 0 radical (unpaired) electrons. The van der Waals surface area contributed by atoms with Gasteiger partial charge in [-0.25, -0.2) is 9.97 Å². The zero-order valence-electron chi connectivity index (χ0n) is 20.1. The molecule has 9 nitrogen and oxygen atoms in total. The topological polar surface area (TPSA) is 108 Å². The van der Waals surface area contributed by atoms with Crippen molar-refractivity contribution in [3.05, 3.63) is 91.0 Å². The predicted molar refractivity (Wildman–Crippen MR) is 141 cm³/mol. The molecule has 0 aliphatic heterocycles. The van der Waals surface area contributed by atoms with Gasteiger partial charge in [0.25, 0.3) is 0 Å². The Hall–Kier alpha value is -5.18. The van der Waals surface area contributed by atoms with E-state index in [9.17, 15) is 0 Å². The van der Waals surface area contributed by atoms with Gasteiger partial charge >= 0.3 is 0 Å². The summed E-state index contributed by atoms with van der Waals surface area (Å²) in [5, 5.41) is 14.9. The van der Waals surface area contributed by atoms with Gasteiger partial charge in [0.2, 0.25) is 11.8 Å². The lowest BCUT2D eigenvalue weighted by Gasteiger charge is -2.12. The van der Waals surface area contributed by atoms with Crippen molar-refractivity contribution in [1.82, 2.24) is 30.1 Å². The SMILES string of the molecule is COc1cc2nccc(Oc3ccc(Nc4nnc(-c5cccc(C)n5)c5ccccc45)cn3)c2cn1. The summed E-state index contributed by atoms with van der Waals surface area (Å²) in [6.45, 7) is 1.96. The van der Waals surface area contributed by atoms with Crippen LogP contribution in [-0.4, -0.2) is 37.2 Å². The molecule has 5 aromatic heterocycles. The fraction of sp³-hybridized carbons (Fsp3) is 0.0714. The molecule has 1 aromatic carbocycles. The van der Waals surface area contributed by atoms with Gasteiger partial charge in [-0.1, -0.05) is 30.3 Å². The number of ether oxygens (including phenoxy) is 2. The third-order valence-electron chi connectivity index (χ3n) is 5.80. The number of anilines is 2. The number of aromatic nitrogens is 6. The number of rotatable bonds is 6. The van der Waals surface area contributed by atoms with Crippen LogP contribution in [0.3, 0.4) is 0 Å². The first-order valence-electron chi connectivity index (χ1n) is 11.6. The van der Waals surface area contributed by atoms with Crippen LogP contribution in [0.4, 0.5) is 11.5 Å². The number of aryl methyl sites for hydroxylation is 1. The molecule has 0 bridgehead atoms. The molecule has 9 heteroatoms. The molecule has 6 rings (SSSR count). The lowest BCUT2D eigenvalue weighted by Crippen LogP contribution is -2.00. The molecule has 0 aliphatic carbocycles. The van der Waals surface area contributed by atoms with Crippen molar-refractivity contribution in [2.45, 2.75) is 6.92 Å². The molecule has 0 saturated heterocycles. The van der Waals surface area contributed by atoms with Crippen LogP contribution < -0.4 is 14.8 Å². The Morgan fingerprint density at radius 1 is 0.757 bits per heavy atom. The van der Waals surface area contributed by atoms with E-state index in [1.807, 2.05) is 55.5 Å². The highest BCUT2D eigenvalue weighted by Gasteiger charge is 2.13. The highest BCUT2D eigenvalue weighted by atomic mass is 16.5. The van der Waals surface area contributed by atoms with E-state index in [0.29, 0.717) is 23.3 Å². The van der Waals surface area contributed by atoms with Crippen LogP contribution in [0.5, 0.6) is 17.5 Å². The van der Waals surface area contributed by atoms with Crippen molar-refractivity contribution in [3.63, 3.8) is 0 Å². The Kier molecular flexibility index (Phi) is 5.70. The minimum Gasteiger partial charge on any atom is -0.481 e. The Morgan fingerprint density at radius 2 is 1.62 bits per heavy atom. The van der Waals surface area contributed by atoms with E-state index in [0.717, 1.165) is 44.4 Å². The van der Waals surface area contributed by atoms with Crippen LogP contribution in [0.25, 0.3) is 33.1 Å². The molecule has 0 spiro atoms. The Bertz CT molecular complexity index is 1740. The van der Waals surface area contributed by atoms with Gasteiger partial charge in [0.1, 0.15) is 11.4 Å². The molecule has 37 heavy (non-hydrogen) atoms. The summed E-state index contributed by atoms with van der Waals surface area (Å²) < 4.78 is 11.2. The maximum atomic E-state index is 6.02. The lowest BCUT2D eigenvalue weighted by molar-refractivity contribution is 0.398. The van der Waals surface area contributed by atoms with E-state index >= 15 is 0 Å². The first-order chi connectivity index (χ1) is 18.2. The van der Waals surface area contributed by atoms with Gasteiger partial charge in [-0.2, -0.15) is 0 Å². The van der Waals surface area contributed by atoms with Crippen molar-refractivity contribution in [2.75, 3.05) is 12.4 Å². The van der Waals surface area contributed by atoms with Crippen molar-refractivity contribution < 1.29 is 9.47 Å². The van der Waals surface area contributed by atoms with Gasteiger partial charge in [0, 0.05) is 41.0 Å². The molecule has 1 N–H and O–H groups in total. The Labute approximate surface area is 212 Å². The molecule has 6 aromatic rings. The van der Waals surface area contributed by atoms with Gasteiger partial charge in [-0.15, -0.1) is 10.2 Å². The first-order valence-corrected chi connectivity index (χ1v) is 11.6. The summed E-state index contributed by atoms with van der Waals surface area (Å²) in [5.41, 5.74) is 3.92. The molecular weight excluding hydrogens is 466 g/mol. The molecule has 0 unspecified atom stereocenters. The number of hydrogen-bond acceptors (Lipinski definition) is 9. The Morgan fingerprint density at radius 3 is 2.43 bits per heavy atom. The number of pyridine rings is 4. The monoisotopic (exact) mass is 487 g/mol. The minimum absolute atomic E-state index is 0.436. The molecule has 0 amide bonds. The van der Waals surface area contributed by atoms with Gasteiger partial charge in [0.05, 0.1) is 35.6 Å². The van der Waals surface area contributed by atoms with E-state index in [-0.39, 0.29) is 0 Å². The number of methoxy groups -OCH3 is 1. The van der Waals surface area contributed by atoms with Crippen molar-refractivity contribution in [1.29, 1.82) is 0 Å². The standard InChI is InChI=1S/C28H21N7O2/c1-17-6-5-9-22(32-17)27-19-7-3-4-8-20(19)28(35-34-27)33-18-10-11-25(30-15-18)37-24-12-13-29-23-14-26(36-2)31-16-21(23)24/h3-16H,1-2H3,(H,33,35). The summed E-state index contributed by atoms with van der Waals surface area (Å²) >= 11 is 0. The molecule has 5 heterocycles. The number of hydrogen-bond donors (Lipinski definition) is 1. The van der Waals surface area contributed by atoms with Gasteiger partial charge < -0.3 is 14.8 Å². The third kappa shape index (κ3) is 4.45. The van der Waals surface area contributed by atoms with Crippen LogP contribution in [0, 0.1) is 6.92 Å². The van der Waals surface area contributed by atoms with Crippen molar-refractivity contribution >= 4 is 33.2 Å². The van der Waals surface area contributed by atoms with Gasteiger partial charge in [-0.3, -0.25) is 9.97 Å². The van der Waals surface area contributed by atoms with Gasteiger partial charge in [0.15, 0.2) is 5.82 Å². The van der Waals surface area contributed by atoms with Crippen molar-refractivity contribution in [2.24, 2.45) is 0 Å². The largest absolute Gasteiger partial charge is 0.481 e. The minimum atomic E-state index is 0.436. The van der Waals surface area contributed by atoms with Crippen LogP contribution >= 0.6 is 0 Å². The average Bonchev–Trinajstić information content (AvgIpc) is 2.94. The molecule has 0 aliphatic rings. The van der Waals surface area contributed by atoms with Gasteiger partial charge in [-0.05, 0) is 31.2 Å². The predicted octanol–water partition coefficient (Wildman–Crippen LogP) is 5.88. The van der Waals surface area contributed by atoms with E-state index in [1.54, 1.807) is 43.9 Å². The van der Waals surface area contributed by atoms with Crippen LogP contribution in [0.2, 0.25) is 0 Å². The van der Waals surface area contributed by atoms with Crippen LogP contribution in [0.1, 0.15) is 5.69 Å². The van der Waals surface area contributed by atoms with E-state index in [2.05, 4.69) is 35.5 Å². The first kappa shape index (κ1) is 22.3. The maximum absolute atomic E-state index is 6.02. The summed E-state index contributed by atoms with van der Waals surface area (Å²) in [6, 6.07) is 21.0. The highest BCUT2D eigenvalue weighted by molar-refractivity contribution is 6.00. The number of fused-ring (bicyclic) bond motifs is 2. The zero-order chi connectivity index (χ0) is 25.2. The second-order valence-electron chi connectivity index (χ2n) is 8.27. The third-order valence-corrected chi connectivity index (χ3v) is 5.80. The number of nitrogens with zero attached hydrogens (tertiary/aromatic N) is 6. The van der Waals surface area contributed by atoms with Crippen LogP contribution in [0.15, 0.2) is 85.3 Å². The number of nitrogens with one attached hydrogen (secondary N) is 1. The van der Waals surface area contributed by atoms with E-state index in [4.69, 9.17) is 9.47 Å².